The number of esters is 1. The molecular weight excluding hydrogens is 440 g/mol. The minimum absolute atomic E-state index is 0.0918. The SMILES string of the molecule is CCOC(=O)C[C@]1(O)CCC[C@H](/C=C/C(CCCCc2ccccc2)O[Si](C)(C)C(C)(C)C)C1. The van der Waals surface area contributed by atoms with Crippen LogP contribution in [0.25, 0.3) is 0 Å². The number of unbranched alkanes of at least 4 members (excludes halogenated alkanes) is 1. The Kier molecular flexibility index (Phi) is 11.0. The quantitative estimate of drug-likeness (QED) is 0.146. The number of carbonyl (C=O) groups is 1. The zero-order valence-corrected chi connectivity index (χ0v) is 23.4. The van der Waals surface area contributed by atoms with E-state index in [1.165, 1.54) is 5.56 Å². The van der Waals surface area contributed by atoms with E-state index in [-0.39, 0.29) is 29.5 Å². The van der Waals surface area contributed by atoms with Crippen molar-refractivity contribution in [3.05, 3.63) is 48.0 Å². The van der Waals surface area contributed by atoms with E-state index in [4.69, 9.17) is 9.16 Å². The third kappa shape index (κ3) is 9.67. The molecule has 1 N–H and O–H groups in total. The van der Waals surface area contributed by atoms with E-state index in [0.717, 1.165) is 38.5 Å². The highest BCUT2D eigenvalue weighted by Gasteiger charge is 2.39. The first kappa shape index (κ1) is 28.8. The molecule has 1 aromatic carbocycles. The summed E-state index contributed by atoms with van der Waals surface area (Å²) in [4.78, 5) is 12.0. The van der Waals surface area contributed by atoms with Crippen LogP contribution in [0.4, 0.5) is 0 Å². The van der Waals surface area contributed by atoms with Crippen LogP contribution in [-0.2, 0) is 20.4 Å². The zero-order chi connectivity index (χ0) is 25.2. The maximum Gasteiger partial charge on any atom is 0.308 e. The van der Waals surface area contributed by atoms with Crippen LogP contribution in [0.1, 0.15) is 84.6 Å². The van der Waals surface area contributed by atoms with E-state index in [2.05, 4.69) is 76.3 Å². The van der Waals surface area contributed by atoms with Crippen LogP contribution in [-0.4, -0.2) is 37.7 Å². The average Bonchev–Trinajstić information content (AvgIpc) is 2.74. The zero-order valence-electron chi connectivity index (χ0n) is 22.4. The molecular formula is C29H48O4Si. The third-order valence-electron chi connectivity index (χ3n) is 7.53. The number of hydrogen-bond donors (Lipinski definition) is 1. The molecule has 1 unspecified atom stereocenters. The molecule has 0 aliphatic heterocycles. The largest absolute Gasteiger partial charge is 0.466 e. The van der Waals surface area contributed by atoms with E-state index in [0.29, 0.717) is 19.4 Å². The predicted octanol–water partition coefficient (Wildman–Crippen LogP) is 7.22. The van der Waals surface area contributed by atoms with Gasteiger partial charge in [-0.2, -0.15) is 0 Å². The number of ether oxygens (including phenoxy) is 1. The summed E-state index contributed by atoms with van der Waals surface area (Å²) in [6.45, 7) is 13.6. The molecule has 0 aromatic heterocycles. The Bertz CT molecular complexity index is 768. The summed E-state index contributed by atoms with van der Waals surface area (Å²) in [6.07, 6.45) is 12.3. The van der Waals surface area contributed by atoms with Crippen molar-refractivity contribution in [3.63, 3.8) is 0 Å². The Morgan fingerprint density at radius 1 is 1.24 bits per heavy atom. The first-order valence-electron chi connectivity index (χ1n) is 13.2. The fourth-order valence-electron chi connectivity index (χ4n) is 4.54. The minimum Gasteiger partial charge on any atom is -0.466 e. The van der Waals surface area contributed by atoms with E-state index >= 15 is 0 Å². The summed E-state index contributed by atoms with van der Waals surface area (Å²) >= 11 is 0. The van der Waals surface area contributed by atoms with Gasteiger partial charge in [0.15, 0.2) is 8.32 Å². The van der Waals surface area contributed by atoms with Crippen molar-refractivity contribution in [3.8, 4) is 0 Å². The van der Waals surface area contributed by atoms with Gasteiger partial charge in [-0.25, -0.2) is 0 Å². The van der Waals surface area contributed by atoms with Crippen molar-refractivity contribution < 1.29 is 19.1 Å². The molecule has 5 heteroatoms. The van der Waals surface area contributed by atoms with Crippen molar-refractivity contribution in [2.24, 2.45) is 5.92 Å². The molecule has 1 aliphatic carbocycles. The Balaban J connectivity index is 2.00. The molecule has 34 heavy (non-hydrogen) atoms. The second-order valence-corrected chi connectivity index (χ2v) is 16.4. The molecule has 0 radical (unpaired) electrons. The van der Waals surface area contributed by atoms with E-state index in [9.17, 15) is 9.90 Å². The van der Waals surface area contributed by atoms with Crippen molar-refractivity contribution in [2.45, 2.75) is 115 Å². The lowest BCUT2D eigenvalue weighted by atomic mass is 9.76. The van der Waals surface area contributed by atoms with Gasteiger partial charge in [-0.1, -0.05) is 69.7 Å². The van der Waals surface area contributed by atoms with Gasteiger partial charge in [-0.3, -0.25) is 4.79 Å². The topological polar surface area (TPSA) is 55.8 Å². The summed E-state index contributed by atoms with van der Waals surface area (Å²) in [5.41, 5.74) is 0.438. The van der Waals surface area contributed by atoms with E-state index in [1.54, 1.807) is 6.92 Å². The Morgan fingerprint density at radius 2 is 1.94 bits per heavy atom. The van der Waals surface area contributed by atoms with E-state index in [1.807, 2.05) is 0 Å². The molecule has 3 atom stereocenters. The lowest BCUT2D eigenvalue weighted by Crippen LogP contribution is -2.43. The van der Waals surface area contributed by atoms with Gasteiger partial charge in [0.2, 0.25) is 0 Å². The molecule has 1 saturated carbocycles. The molecule has 0 saturated heterocycles. The first-order chi connectivity index (χ1) is 15.9. The number of allylic oxidation sites excluding steroid dienone is 1. The van der Waals surface area contributed by atoms with Gasteiger partial charge in [0, 0.05) is 0 Å². The van der Waals surface area contributed by atoms with Crippen LogP contribution in [0.15, 0.2) is 42.5 Å². The van der Waals surface area contributed by atoms with Crippen LogP contribution in [0.5, 0.6) is 0 Å². The number of hydrogen-bond acceptors (Lipinski definition) is 4. The highest BCUT2D eigenvalue weighted by molar-refractivity contribution is 6.74. The van der Waals surface area contributed by atoms with Gasteiger partial charge in [0.25, 0.3) is 0 Å². The van der Waals surface area contributed by atoms with Gasteiger partial charge < -0.3 is 14.3 Å². The third-order valence-corrected chi connectivity index (χ3v) is 12.0. The fraction of sp³-hybridized carbons (Fsp3) is 0.690. The molecule has 0 bridgehead atoms. The maximum atomic E-state index is 12.0. The monoisotopic (exact) mass is 488 g/mol. The van der Waals surface area contributed by atoms with Crippen LogP contribution < -0.4 is 0 Å². The maximum absolute atomic E-state index is 12.0. The summed E-state index contributed by atoms with van der Waals surface area (Å²) < 4.78 is 11.9. The average molecular weight is 489 g/mol. The Hall–Kier alpha value is -1.43. The highest BCUT2D eigenvalue weighted by atomic mass is 28.4. The van der Waals surface area contributed by atoms with Crippen molar-refractivity contribution in [1.29, 1.82) is 0 Å². The number of carbonyl (C=O) groups excluding carboxylic acids is 1. The fourth-order valence-corrected chi connectivity index (χ4v) is 5.85. The Labute approximate surface area is 209 Å². The van der Waals surface area contributed by atoms with Crippen LogP contribution in [0, 0.1) is 5.92 Å². The van der Waals surface area contributed by atoms with Crippen molar-refractivity contribution >= 4 is 14.3 Å². The van der Waals surface area contributed by atoms with Gasteiger partial charge in [0.05, 0.1) is 24.7 Å². The summed E-state index contributed by atoms with van der Waals surface area (Å²) in [5, 5.41) is 11.2. The van der Waals surface area contributed by atoms with Crippen LogP contribution in [0.3, 0.4) is 0 Å². The van der Waals surface area contributed by atoms with Crippen molar-refractivity contribution in [1.82, 2.24) is 0 Å². The first-order valence-corrected chi connectivity index (χ1v) is 16.1. The molecule has 1 aromatic rings. The van der Waals surface area contributed by atoms with Crippen molar-refractivity contribution in [2.75, 3.05) is 6.61 Å². The molecule has 0 spiro atoms. The predicted molar refractivity (Wildman–Crippen MR) is 143 cm³/mol. The summed E-state index contributed by atoms with van der Waals surface area (Å²) in [5.74, 6) is -0.0322. The summed E-state index contributed by atoms with van der Waals surface area (Å²) in [7, 11) is -1.90. The molecule has 0 amide bonds. The minimum atomic E-state index is -1.90. The molecule has 2 rings (SSSR count). The highest BCUT2D eigenvalue weighted by Crippen LogP contribution is 2.39. The standard InChI is InChI=1S/C29H48O4Si/c1-7-32-27(30)23-29(31)21-13-17-25(22-29)19-20-26(33-34(5,6)28(2,3)4)18-12-11-16-24-14-9-8-10-15-24/h8-10,14-15,19-20,25-26,31H,7,11-13,16-18,21-23H2,1-6H3/b20-19+/t25-,26?,29+/m1/s1. The number of aryl methyl sites for hydroxylation is 1. The van der Waals surface area contributed by atoms with Gasteiger partial charge in [-0.15, -0.1) is 0 Å². The van der Waals surface area contributed by atoms with Gasteiger partial charge in [-0.05, 0) is 81.5 Å². The molecule has 0 heterocycles. The Morgan fingerprint density at radius 3 is 2.59 bits per heavy atom. The lowest BCUT2D eigenvalue weighted by molar-refractivity contribution is -0.150. The summed E-state index contributed by atoms with van der Waals surface area (Å²) in [6, 6.07) is 10.7. The second-order valence-electron chi connectivity index (χ2n) is 11.6. The second kappa shape index (κ2) is 13.0. The number of rotatable bonds is 12. The molecule has 1 aliphatic rings. The number of aliphatic hydroxyl groups is 1. The van der Waals surface area contributed by atoms with Gasteiger partial charge in [0.1, 0.15) is 0 Å². The molecule has 192 valence electrons. The normalized spacial score (nSPS) is 22.6. The van der Waals surface area contributed by atoms with E-state index < -0.39 is 13.9 Å². The molecule has 4 nitrogen and oxygen atoms in total. The smallest absolute Gasteiger partial charge is 0.308 e. The van der Waals surface area contributed by atoms with Crippen LogP contribution in [0.2, 0.25) is 18.1 Å². The molecule has 1 fully saturated rings. The lowest BCUT2D eigenvalue weighted by Gasteiger charge is -2.39. The van der Waals surface area contributed by atoms with Crippen LogP contribution >= 0.6 is 0 Å². The van der Waals surface area contributed by atoms with Gasteiger partial charge >= 0.3 is 5.97 Å². The number of benzene rings is 1.